The lowest BCUT2D eigenvalue weighted by molar-refractivity contribution is 0.0404. The Morgan fingerprint density at radius 1 is 1.07 bits per heavy atom. The standard InChI is InChI=1S/C20H33NO6/c1-5-25-10-11-26-12-13-27-18-8-6-16(7-9-18)14-17(15-22)21(19(23)24)20(2,3)4/h6-9,17,22H,5,10-15H2,1-4H3,(H,23,24)/t17-/m0/s1. The molecule has 154 valence electrons. The quantitative estimate of drug-likeness (QED) is 0.540. The van der Waals surface area contributed by atoms with Gasteiger partial charge in [-0.3, -0.25) is 4.90 Å². The third-order valence-corrected chi connectivity index (χ3v) is 3.97. The fourth-order valence-electron chi connectivity index (χ4n) is 2.80. The molecule has 0 aliphatic carbocycles. The molecule has 2 N–H and O–H groups in total. The van der Waals surface area contributed by atoms with Crippen LogP contribution in [0.5, 0.6) is 5.75 Å². The third kappa shape index (κ3) is 8.60. The number of benzene rings is 1. The van der Waals surface area contributed by atoms with Crippen molar-refractivity contribution in [1.29, 1.82) is 0 Å². The van der Waals surface area contributed by atoms with Gasteiger partial charge in [-0.1, -0.05) is 12.1 Å². The van der Waals surface area contributed by atoms with Crippen molar-refractivity contribution in [3.05, 3.63) is 29.8 Å². The van der Waals surface area contributed by atoms with Crippen LogP contribution in [0.3, 0.4) is 0 Å². The van der Waals surface area contributed by atoms with Crippen molar-refractivity contribution in [1.82, 2.24) is 4.90 Å². The van der Waals surface area contributed by atoms with Crippen molar-refractivity contribution in [3.63, 3.8) is 0 Å². The van der Waals surface area contributed by atoms with Gasteiger partial charge in [0.1, 0.15) is 12.4 Å². The highest BCUT2D eigenvalue weighted by Crippen LogP contribution is 2.21. The molecule has 0 radical (unpaired) electrons. The van der Waals surface area contributed by atoms with Gasteiger partial charge in [0.2, 0.25) is 0 Å². The van der Waals surface area contributed by atoms with Crippen LogP contribution in [-0.2, 0) is 15.9 Å². The summed E-state index contributed by atoms with van der Waals surface area (Å²) in [5, 5.41) is 19.2. The van der Waals surface area contributed by atoms with E-state index in [0.29, 0.717) is 39.5 Å². The van der Waals surface area contributed by atoms with E-state index in [1.54, 1.807) is 0 Å². The first-order valence-corrected chi connectivity index (χ1v) is 9.30. The lowest BCUT2D eigenvalue weighted by Gasteiger charge is -2.39. The van der Waals surface area contributed by atoms with Gasteiger partial charge in [0.15, 0.2) is 0 Å². The van der Waals surface area contributed by atoms with Crippen molar-refractivity contribution in [2.24, 2.45) is 0 Å². The maximum absolute atomic E-state index is 11.6. The SMILES string of the molecule is CCOCCOCCOc1ccc(C[C@@H](CO)N(C(=O)O)C(C)(C)C)cc1. The number of amides is 1. The third-order valence-electron chi connectivity index (χ3n) is 3.97. The number of carbonyl (C=O) groups is 1. The van der Waals surface area contributed by atoms with Crippen LogP contribution in [-0.4, -0.2) is 72.4 Å². The highest BCUT2D eigenvalue weighted by molar-refractivity contribution is 5.66. The zero-order chi connectivity index (χ0) is 20.3. The molecule has 0 heterocycles. The van der Waals surface area contributed by atoms with E-state index < -0.39 is 17.7 Å². The molecule has 0 bridgehead atoms. The Labute approximate surface area is 161 Å². The van der Waals surface area contributed by atoms with E-state index in [0.717, 1.165) is 11.3 Å². The first kappa shape index (κ1) is 23.2. The van der Waals surface area contributed by atoms with Crippen LogP contribution in [0, 0.1) is 0 Å². The molecule has 1 aromatic carbocycles. The van der Waals surface area contributed by atoms with E-state index >= 15 is 0 Å². The molecule has 27 heavy (non-hydrogen) atoms. The maximum atomic E-state index is 11.6. The highest BCUT2D eigenvalue weighted by atomic mass is 16.5. The molecular formula is C20H33NO6. The monoisotopic (exact) mass is 383 g/mol. The Hall–Kier alpha value is -1.83. The predicted octanol–water partition coefficient (Wildman–Crippen LogP) is 2.80. The topological polar surface area (TPSA) is 88.5 Å². The molecule has 0 aliphatic heterocycles. The summed E-state index contributed by atoms with van der Waals surface area (Å²) in [7, 11) is 0. The largest absolute Gasteiger partial charge is 0.491 e. The number of hydrogen-bond acceptors (Lipinski definition) is 5. The van der Waals surface area contributed by atoms with Gasteiger partial charge < -0.3 is 24.4 Å². The summed E-state index contributed by atoms with van der Waals surface area (Å²) in [4.78, 5) is 12.9. The van der Waals surface area contributed by atoms with Gasteiger partial charge in [-0.2, -0.15) is 0 Å². The van der Waals surface area contributed by atoms with Crippen LogP contribution in [0.1, 0.15) is 33.3 Å². The van der Waals surface area contributed by atoms with E-state index in [1.165, 1.54) is 4.90 Å². The first-order valence-electron chi connectivity index (χ1n) is 9.30. The predicted molar refractivity (Wildman–Crippen MR) is 103 cm³/mol. The van der Waals surface area contributed by atoms with Crippen molar-refractivity contribution in [2.75, 3.05) is 39.6 Å². The second kappa shape index (κ2) is 11.8. The lowest BCUT2D eigenvalue weighted by atomic mass is 9.99. The van der Waals surface area contributed by atoms with Crippen LogP contribution >= 0.6 is 0 Å². The van der Waals surface area contributed by atoms with E-state index in [2.05, 4.69) is 0 Å². The lowest BCUT2D eigenvalue weighted by Crippen LogP contribution is -2.53. The van der Waals surface area contributed by atoms with Gasteiger partial charge in [-0.15, -0.1) is 0 Å². The fourth-order valence-corrected chi connectivity index (χ4v) is 2.80. The minimum absolute atomic E-state index is 0.235. The first-order chi connectivity index (χ1) is 12.8. The molecule has 0 saturated heterocycles. The highest BCUT2D eigenvalue weighted by Gasteiger charge is 2.32. The van der Waals surface area contributed by atoms with Crippen molar-refractivity contribution in [2.45, 2.75) is 45.7 Å². The summed E-state index contributed by atoms with van der Waals surface area (Å²) in [6, 6.07) is 6.94. The van der Waals surface area contributed by atoms with Gasteiger partial charge in [0, 0.05) is 12.1 Å². The molecule has 0 aromatic heterocycles. The fraction of sp³-hybridized carbons (Fsp3) is 0.650. The number of carboxylic acid groups (broad SMARTS) is 1. The van der Waals surface area contributed by atoms with Crippen LogP contribution in [0.15, 0.2) is 24.3 Å². The molecule has 7 heteroatoms. The Balaban J connectivity index is 2.51. The van der Waals surface area contributed by atoms with Crippen LogP contribution < -0.4 is 4.74 Å². The van der Waals surface area contributed by atoms with E-state index in [9.17, 15) is 15.0 Å². The smallest absolute Gasteiger partial charge is 0.408 e. The van der Waals surface area contributed by atoms with Crippen LogP contribution in [0.2, 0.25) is 0 Å². The summed E-state index contributed by atoms with van der Waals surface area (Å²) in [6.07, 6.45) is -0.605. The molecule has 1 amide bonds. The zero-order valence-electron chi connectivity index (χ0n) is 16.8. The van der Waals surface area contributed by atoms with Gasteiger partial charge in [-0.25, -0.2) is 4.79 Å². The van der Waals surface area contributed by atoms with E-state index in [-0.39, 0.29) is 6.61 Å². The average molecular weight is 383 g/mol. The summed E-state index contributed by atoms with van der Waals surface area (Å²) in [5.74, 6) is 0.721. The summed E-state index contributed by atoms with van der Waals surface area (Å²) in [5.41, 5.74) is 0.342. The number of ether oxygens (including phenoxy) is 3. The Bertz CT molecular complexity index is 540. The summed E-state index contributed by atoms with van der Waals surface area (Å²) >= 11 is 0. The number of aliphatic hydroxyl groups is 1. The normalized spacial score (nSPS) is 12.6. The van der Waals surface area contributed by atoms with Crippen LogP contribution in [0.25, 0.3) is 0 Å². The molecule has 1 rings (SSSR count). The molecule has 0 saturated carbocycles. The molecule has 0 fully saturated rings. The molecule has 7 nitrogen and oxygen atoms in total. The second-order valence-electron chi connectivity index (χ2n) is 7.17. The molecule has 0 spiro atoms. The van der Waals surface area contributed by atoms with Gasteiger partial charge in [-0.05, 0) is 51.8 Å². The maximum Gasteiger partial charge on any atom is 0.408 e. The molecular weight excluding hydrogens is 350 g/mol. The number of nitrogens with zero attached hydrogens (tertiary/aromatic N) is 1. The zero-order valence-corrected chi connectivity index (χ0v) is 16.8. The van der Waals surface area contributed by atoms with Crippen molar-refractivity contribution < 1.29 is 29.2 Å². The van der Waals surface area contributed by atoms with E-state index in [1.807, 2.05) is 52.0 Å². The van der Waals surface area contributed by atoms with E-state index in [4.69, 9.17) is 14.2 Å². The Morgan fingerprint density at radius 3 is 2.19 bits per heavy atom. The number of aliphatic hydroxyl groups excluding tert-OH is 1. The molecule has 1 atom stereocenters. The minimum Gasteiger partial charge on any atom is -0.491 e. The summed E-state index contributed by atoms with van der Waals surface area (Å²) in [6.45, 7) is 9.90. The number of hydrogen-bond donors (Lipinski definition) is 2. The van der Waals surface area contributed by atoms with Crippen molar-refractivity contribution >= 4 is 6.09 Å². The second-order valence-corrected chi connectivity index (χ2v) is 7.17. The molecule has 1 aromatic rings. The molecule has 0 unspecified atom stereocenters. The van der Waals surface area contributed by atoms with Crippen molar-refractivity contribution in [3.8, 4) is 5.75 Å². The van der Waals surface area contributed by atoms with Gasteiger partial charge >= 0.3 is 6.09 Å². The Morgan fingerprint density at radius 2 is 1.67 bits per heavy atom. The minimum atomic E-state index is -1.04. The van der Waals surface area contributed by atoms with Crippen LogP contribution in [0.4, 0.5) is 4.79 Å². The average Bonchev–Trinajstić information content (AvgIpc) is 2.60. The summed E-state index contributed by atoms with van der Waals surface area (Å²) < 4.78 is 16.2. The Kier molecular flexibility index (Phi) is 10.1. The van der Waals surface area contributed by atoms with Gasteiger partial charge in [0.05, 0.1) is 32.5 Å². The number of rotatable bonds is 12. The molecule has 0 aliphatic rings. The van der Waals surface area contributed by atoms with Gasteiger partial charge in [0.25, 0.3) is 0 Å².